The number of rotatable bonds is 2. The SMILES string of the molecule is C[C@@H]1CO[C@@H](C)CN1S(=O)(=O)c1ccc2c(c1)NC(=O)CO2. The van der Waals surface area contributed by atoms with Gasteiger partial charge >= 0.3 is 0 Å². The van der Waals surface area contributed by atoms with Crippen molar-refractivity contribution in [3.63, 3.8) is 0 Å². The van der Waals surface area contributed by atoms with Gasteiger partial charge in [0.05, 0.1) is 23.3 Å². The number of hydrogen-bond donors (Lipinski definition) is 1. The molecule has 2 atom stereocenters. The maximum atomic E-state index is 12.8. The number of fused-ring (bicyclic) bond motifs is 1. The Bertz CT molecular complexity index is 703. The molecule has 0 aromatic heterocycles. The van der Waals surface area contributed by atoms with Gasteiger partial charge in [0.15, 0.2) is 6.61 Å². The Morgan fingerprint density at radius 1 is 1.32 bits per heavy atom. The maximum Gasteiger partial charge on any atom is 0.262 e. The Labute approximate surface area is 129 Å². The quantitative estimate of drug-likeness (QED) is 0.869. The second-order valence-corrected chi connectivity index (χ2v) is 7.45. The minimum Gasteiger partial charge on any atom is -0.482 e. The number of nitrogens with one attached hydrogen (secondary N) is 1. The first kappa shape index (κ1) is 15.3. The second kappa shape index (κ2) is 5.53. The lowest BCUT2D eigenvalue weighted by Crippen LogP contribution is -2.50. The minimum atomic E-state index is -3.65. The first-order chi connectivity index (χ1) is 10.4. The monoisotopic (exact) mass is 326 g/mol. The molecule has 2 heterocycles. The lowest BCUT2D eigenvalue weighted by atomic mass is 10.2. The molecule has 1 saturated heterocycles. The second-order valence-electron chi connectivity index (χ2n) is 5.56. The topological polar surface area (TPSA) is 84.9 Å². The molecule has 0 aliphatic carbocycles. The zero-order valence-corrected chi connectivity index (χ0v) is 13.2. The summed E-state index contributed by atoms with van der Waals surface area (Å²) in [4.78, 5) is 11.5. The summed E-state index contributed by atoms with van der Waals surface area (Å²) in [6, 6.07) is 4.27. The van der Waals surface area contributed by atoms with E-state index in [4.69, 9.17) is 9.47 Å². The summed E-state index contributed by atoms with van der Waals surface area (Å²) in [5, 5.41) is 2.62. The normalized spacial score (nSPS) is 26.0. The predicted molar refractivity (Wildman–Crippen MR) is 79.3 cm³/mol. The summed E-state index contributed by atoms with van der Waals surface area (Å²) in [7, 11) is -3.65. The number of ether oxygens (including phenoxy) is 2. The number of amides is 1. The number of anilines is 1. The summed E-state index contributed by atoms with van der Waals surface area (Å²) < 4.78 is 37.8. The highest BCUT2D eigenvalue weighted by Gasteiger charge is 2.34. The number of morpholine rings is 1. The van der Waals surface area contributed by atoms with Gasteiger partial charge in [-0.2, -0.15) is 4.31 Å². The van der Waals surface area contributed by atoms with Gasteiger partial charge in [0.1, 0.15) is 5.75 Å². The van der Waals surface area contributed by atoms with Crippen LogP contribution in [-0.4, -0.2) is 50.5 Å². The highest BCUT2D eigenvalue weighted by molar-refractivity contribution is 7.89. The van der Waals surface area contributed by atoms with Gasteiger partial charge < -0.3 is 14.8 Å². The van der Waals surface area contributed by atoms with Crippen molar-refractivity contribution in [3.8, 4) is 5.75 Å². The first-order valence-corrected chi connectivity index (χ1v) is 8.52. The van der Waals surface area contributed by atoms with Gasteiger partial charge in [-0.15, -0.1) is 0 Å². The van der Waals surface area contributed by atoms with E-state index < -0.39 is 10.0 Å². The van der Waals surface area contributed by atoms with Crippen molar-refractivity contribution >= 4 is 21.6 Å². The molecule has 0 radical (unpaired) electrons. The Hall–Kier alpha value is -1.64. The van der Waals surface area contributed by atoms with E-state index in [1.165, 1.54) is 16.4 Å². The highest BCUT2D eigenvalue weighted by atomic mass is 32.2. The summed E-state index contributed by atoms with van der Waals surface area (Å²) in [6.07, 6.45) is -0.147. The Balaban J connectivity index is 1.95. The lowest BCUT2D eigenvalue weighted by molar-refractivity contribution is -0.118. The fourth-order valence-corrected chi connectivity index (χ4v) is 4.28. The van der Waals surface area contributed by atoms with Gasteiger partial charge in [0.2, 0.25) is 10.0 Å². The third-order valence-corrected chi connectivity index (χ3v) is 5.72. The minimum absolute atomic E-state index is 0.0584. The summed E-state index contributed by atoms with van der Waals surface area (Å²) in [6.45, 7) is 4.27. The molecular weight excluding hydrogens is 308 g/mol. The van der Waals surface area contributed by atoms with Crippen molar-refractivity contribution in [2.75, 3.05) is 25.1 Å². The molecule has 2 aliphatic rings. The Morgan fingerprint density at radius 2 is 2.09 bits per heavy atom. The molecule has 1 aromatic rings. The highest BCUT2D eigenvalue weighted by Crippen LogP contribution is 2.32. The molecule has 1 N–H and O–H groups in total. The van der Waals surface area contributed by atoms with Gasteiger partial charge in [0.25, 0.3) is 5.91 Å². The molecule has 3 rings (SSSR count). The van der Waals surface area contributed by atoms with E-state index in [9.17, 15) is 13.2 Å². The summed E-state index contributed by atoms with van der Waals surface area (Å²) in [5.41, 5.74) is 0.381. The first-order valence-electron chi connectivity index (χ1n) is 7.08. The summed E-state index contributed by atoms with van der Waals surface area (Å²) in [5.74, 6) is 0.178. The Kier molecular flexibility index (Phi) is 3.84. The molecule has 8 heteroatoms. The van der Waals surface area contributed by atoms with Crippen molar-refractivity contribution in [2.45, 2.75) is 30.9 Å². The van der Waals surface area contributed by atoms with Crippen LogP contribution < -0.4 is 10.1 Å². The van der Waals surface area contributed by atoms with Crippen LogP contribution in [0, 0.1) is 0 Å². The van der Waals surface area contributed by atoms with Crippen molar-refractivity contribution in [1.29, 1.82) is 0 Å². The van der Waals surface area contributed by atoms with Crippen LogP contribution in [0.2, 0.25) is 0 Å². The molecule has 0 unspecified atom stereocenters. The fourth-order valence-electron chi connectivity index (χ4n) is 2.57. The van der Waals surface area contributed by atoms with E-state index in [0.29, 0.717) is 24.6 Å². The van der Waals surface area contributed by atoms with Crippen molar-refractivity contribution in [3.05, 3.63) is 18.2 Å². The molecule has 0 saturated carbocycles. The van der Waals surface area contributed by atoms with Gasteiger partial charge in [-0.05, 0) is 32.0 Å². The zero-order chi connectivity index (χ0) is 15.9. The van der Waals surface area contributed by atoms with E-state index in [2.05, 4.69) is 5.32 Å². The standard InChI is InChI=1S/C14H18N2O5S/c1-9-7-20-10(2)6-16(9)22(18,19)11-3-4-13-12(5-11)15-14(17)8-21-13/h3-5,9-10H,6-8H2,1-2H3,(H,15,17)/t9-,10+/m1/s1. The van der Waals surface area contributed by atoms with E-state index in [1.807, 2.05) is 13.8 Å². The third-order valence-electron chi connectivity index (χ3n) is 3.74. The molecule has 1 fully saturated rings. The van der Waals surface area contributed by atoms with Crippen LogP contribution in [0.4, 0.5) is 5.69 Å². The number of benzene rings is 1. The van der Waals surface area contributed by atoms with Crippen LogP contribution in [0.15, 0.2) is 23.1 Å². The molecular formula is C14H18N2O5S. The van der Waals surface area contributed by atoms with E-state index in [1.54, 1.807) is 6.07 Å². The number of nitrogens with zero attached hydrogens (tertiary/aromatic N) is 1. The number of carbonyl (C=O) groups excluding carboxylic acids is 1. The van der Waals surface area contributed by atoms with E-state index >= 15 is 0 Å². The van der Waals surface area contributed by atoms with Crippen LogP contribution in [0.5, 0.6) is 5.75 Å². The van der Waals surface area contributed by atoms with Crippen molar-refractivity contribution in [1.82, 2.24) is 4.31 Å². The average Bonchev–Trinajstić information content (AvgIpc) is 2.48. The van der Waals surface area contributed by atoms with E-state index in [-0.39, 0.29) is 29.6 Å². The smallest absolute Gasteiger partial charge is 0.262 e. The number of hydrogen-bond acceptors (Lipinski definition) is 5. The van der Waals surface area contributed by atoms with Crippen LogP contribution >= 0.6 is 0 Å². The Morgan fingerprint density at radius 3 is 2.86 bits per heavy atom. The van der Waals surface area contributed by atoms with Gasteiger partial charge in [0, 0.05) is 12.6 Å². The fraction of sp³-hybridized carbons (Fsp3) is 0.500. The van der Waals surface area contributed by atoms with Crippen molar-refractivity contribution in [2.24, 2.45) is 0 Å². The summed E-state index contributed by atoms with van der Waals surface area (Å²) >= 11 is 0. The van der Waals surface area contributed by atoms with Gasteiger partial charge in [-0.3, -0.25) is 4.79 Å². The van der Waals surface area contributed by atoms with Crippen LogP contribution in [0.25, 0.3) is 0 Å². The molecule has 120 valence electrons. The number of sulfonamides is 1. The van der Waals surface area contributed by atoms with Crippen LogP contribution in [0.1, 0.15) is 13.8 Å². The molecule has 0 bridgehead atoms. The average molecular weight is 326 g/mol. The van der Waals surface area contributed by atoms with Crippen LogP contribution in [-0.2, 0) is 19.6 Å². The van der Waals surface area contributed by atoms with Crippen molar-refractivity contribution < 1.29 is 22.7 Å². The molecule has 7 nitrogen and oxygen atoms in total. The largest absolute Gasteiger partial charge is 0.482 e. The van der Waals surface area contributed by atoms with E-state index in [0.717, 1.165) is 0 Å². The predicted octanol–water partition coefficient (Wildman–Crippen LogP) is 0.815. The zero-order valence-electron chi connectivity index (χ0n) is 12.4. The molecule has 1 amide bonds. The molecule has 22 heavy (non-hydrogen) atoms. The molecule has 2 aliphatic heterocycles. The third kappa shape index (κ3) is 2.69. The van der Waals surface area contributed by atoms with Gasteiger partial charge in [-0.25, -0.2) is 8.42 Å². The molecule has 0 spiro atoms. The maximum absolute atomic E-state index is 12.8. The van der Waals surface area contributed by atoms with Crippen LogP contribution in [0.3, 0.4) is 0 Å². The number of carbonyl (C=O) groups is 1. The molecule has 1 aromatic carbocycles. The lowest BCUT2D eigenvalue weighted by Gasteiger charge is -2.35. The van der Waals surface area contributed by atoms with Gasteiger partial charge in [-0.1, -0.05) is 0 Å².